The molecule has 7 nitrogen and oxygen atoms in total. The molecule has 1 amide bonds. The van der Waals surface area contributed by atoms with Crippen LogP contribution in [0.5, 0.6) is 0 Å². The van der Waals surface area contributed by atoms with Crippen LogP contribution in [0.4, 0.5) is 0 Å². The normalized spacial score (nSPS) is 19.6. The Bertz CT molecular complexity index is 1190. The van der Waals surface area contributed by atoms with E-state index < -0.39 is 0 Å². The molecule has 188 valence electrons. The molecular formula is C29H36N6O. The van der Waals surface area contributed by atoms with E-state index in [2.05, 4.69) is 61.9 Å². The lowest BCUT2D eigenvalue weighted by Gasteiger charge is -2.42. The average molecular weight is 485 g/mol. The number of amides is 1. The number of pyridine rings is 1. The van der Waals surface area contributed by atoms with Crippen molar-refractivity contribution in [1.29, 1.82) is 0 Å². The van der Waals surface area contributed by atoms with Crippen molar-refractivity contribution in [2.45, 2.75) is 71.1 Å². The van der Waals surface area contributed by atoms with Gasteiger partial charge in [0, 0.05) is 31.9 Å². The summed E-state index contributed by atoms with van der Waals surface area (Å²) >= 11 is 0. The maximum absolute atomic E-state index is 12.8. The number of nitrogens with one attached hydrogen (secondary N) is 2. The molecule has 2 aliphatic rings. The van der Waals surface area contributed by atoms with Crippen molar-refractivity contribution in [2.75, 3.05) is 13.1 Å². The SMILES string of the molecule is Cc1ncnc(C)c1C(=O)NCc1cccc(CN(C2CCCNC2)C2CCCc3cccnc32)c1. The summed E-state index contributed by atoms with van der Waals surface area (Å²) in [5.74, 6) is -0.129. The number of carbonyl (C=O) groups excluding carboxylic acids is 1. The van der Waals surface area contributed by atoms with Crippen LogP contribution in [0.3, 0.4) is 0 Å². The predicted molar refractivity (Wildman–Crippen MR) is 140 cm³/mol. The number of rotatable bonds is 7. The highest BCUT2D eigenvalue weighted by Gasteiger charge is 2.32. The van der Waals surface area contributed by atoms with E-state index in [4.69, 9.17) is 4.98 Å². The van der Waals surface area contributed by atoms with Crippen LogP contribution in [-0.4, -0.2) is 44.9 Å². The van der Waals surface area contributed by atoms with Gasteiger partial charge in [-0.05, 0) is 75.3 Å². The van der Waals surface area contributed by atoms with Gasteiger partial charge >= 0.3 is 0 Å². The molecule has 0 radical (unpaired) electrons. The summed E-state index contributed by atoms with van der Waals surface area (Å²) in [4.78, 5) is 28.7. The van der Waals surface area contributed by atoms with Gasteiger partial charge in [-0.3, -0.25) is 14.7 Å². The van der Waals surface area contributed by atoms with Crippen molar-refractivity contribution in [2.24, 2.45) is 0 Å². The molecule has 3 heterocycles. The Hall–Kier alpha value is -3.16. The Morgan fingerprint density at radius 2 is 1.89 bits per heavy atom. The largest absolute Gasteiger partial charge is 0.348 e. The zero-order valence-electron chi connectivity index (χ0n) is 21.3. The van der Waals surface area contributed by atoms with Crippen molar-refractivity contribution < 1.29 is 4.79 Å². The lowest BCUT2D eigenvalue weighted by Crippen LogP contribution is -2.48. The molecule has 0 spiro atoms. The molecule has 5 rings (SSSR count). The van der Waals surface area contributed by atoms with Gasteiger partial charge in [0.1, 0.15) is 6.33 Å². The van der Waals surface area contributed by atoms with Crippen LogP contribution in [0, 0.1) is 13.8 Å². The first-order valence-corrected chi connectivity index (χ1v) is 13.1. The molecular weight excluding hydrogens is 448 g/mol. The molecule has 3 aromatic rings. The number of nitrogens with zero attached hydrogens (tertiary/aromatic N) is 4. The molecule has 1 aliphatic carbocycles. The maximum atomic E-state index is 12.8. The first-order chi connectivity index (χ1) is 17.6. The monoisotopic (exact) mass is 484 g/mol. The number of hydrogen-bond donors (Lipinski definition) is 2. The maximum Gasteiger partial charge on any atom is 0.255 e. The number of hydrogen-bond acceptors (Lipinski definition) is 6. The third kappa shape index (κ3) is 5.47. The van der Waals surface area contributed by atoms with Crippen LogP contribution in [0.1, 0.15) is 75.9 Å². The zero-order valence-corrected chi connectivity index (χ0v) is 21.3. The topological polar surface area (TPSA) is 83.0 Å². The second kappa shape index (κ2) is 11.3. The van der Waals surface area contributed by atoms with E-state index >= 15 is 0 Å². The van der Waals surface area contributed by atoms with Crippen LogP contribution < -0.4 is 10.6 Å². The molecule has 1 fully saturated rings. The number of piperidine rings is 1. The van der Waals surface area contributed by atoms with Gasteiger partial charge in [-0.2, -0.15) is 0 Å². The smallest absolute Gasteiger partial charge is 0.255 e. The highest BCUT2D eigenvalue weighted by Crippen LogP contribution is 2.36. The Balaban J connectivity index is 1.34. The fourth-order valence-corrected chi connectivity index (χ4v) is 5.76. The van der Waals surface area contributed by atoms with Gasteiger partial charge in [0.25, 0.3) is 5.91 Å². The number of aryl methyl sites for hydroxylation is 3. The minimum atomic E-state index is -0.129. The van der Waals surface area contributed by atoms with Crippen molar-refractivity contribution in [1.82, 2.24) is 30.5 Å². The molecule has 0 saturated carbocycles. The van der Waals surface area contributed by atoms with E-state index in [0.29, 0.717) is 35.6 Å². The number of fused-ring (bicyclic) bond motifs is 1. The van der Waals surface area contributed by atoms with Crippen LogP contribution in [0.2, 0.25) is 0 Å². The first-order valence-electron chi connectivity index (χ1n) is 13.1. The molecule has 7 heteroatoms. The van der Waals surface area contributed by atoms with Gasteiger partial charge in [-0.25, -0.2) is 9.97 Å². The van der Waals surface area contributed by atoms with Crippen LogP contribution in [0.25, 0.3) is 0 Å². The Kier molecular flexibility index (Phi) is 7.68. The lowest BCUT2D eigenvalue weighted by atomic mass is 9.88. The summed E-state index contributed by atoms with van der Waals surface area (Å²) in [7, 11) is 0. The minimum Gasteiger partial charge on any atom is -0.348 e. The van der Waals surface area contributed by atoms with Crippen molar-refractivity contribution in [3.63, 3.8) is 0 Å². The molecule has 1 aliphatic heterocycles. The number of carbonyl (C=O) groups is 1. The van der Waals surface area contributed by atoms with E-state index in [0.717, 1.165) is 38.0 Å². The summed E-state index contributed by atoms with van der Waals surface area (Å²) in [6.07, 6.45) is 9.33. The molecule has 1 aromatic carbocycles. The lowest BCUT2D eigenvalue weighted by molar-refractivity contribution is 0.0893. The first kappa shape index (κ1) is 24.5. The Morgan fingerprint density at radius 1 is 1.06 bits per heavy atom. The molecule has 0 bridgehead atoms. The summed E-state index contributed by atoms with van der Waals surface area (Å²) in [6.45, 7) is 7.16. The Morgan fingerprint density at radius 3 is 2.69 bits per heavy atom. The van der Waals surface area contributed by atoms with Crippen LogP contribution >= 0.6 is 0 Å². The van der Waals surface area contributed by atoms with Crippen molar-refractivity contribution in [3.05, 3.63) is 88.3 Å². The highest BCUT2D eigenvalue weighted by atomic mass is 16.1. The molecule has 2 unspecified atom stereocenters. The molecule has 2 aromatic heterocycles. The van der Waals surface area contributed by atoms with E-state index in [1.165, 1.54) is 42.4 Å². The van der Waals surface area contributed by atoms with E-state index in [-0.39, 0.29) is 5.91 Å². The second-order valence-electron chi connectivity index (χ2n) is 10.1. The average Bonchev–Trinajstić information content (AvgIpc) is 2.91. The molecule has 1 saturated heterocycles. The van der Waals surface area contributed by atoms with E-state index in [9.17, 15) is 4.79 Å². The quantitative estimate of drug-likeness (QED) is 0.527. The molecule has 2 N–H and O–H groups in total. The summed E-state index contributed by atoms with van der Waals surface area (Å²) in [6, 6.07) is 13.8. The second-order valence-corrected chi connectivity index (χ2v) is 10.1. The molecule has 2 atom stereocenters. The van der Waals surface area contributed by atoms with Gasteiger partial charge < -0.3 is 10.6 Å². The minimum absolute atomic E-state index is 0.129. The van der Waals surface area contributed by atoms with Crippen molar-refractivity contribution >= 4 is 5.91 Å². The highest BCUT2D eigenvalue weighted by molar-refractivity contribution is 5.96. The predicted octanol–water partition coefficient (Wildman–Crippen LogP) is 4.05. The van der Waals surface area contributed by atoms with Gasteiger partial charge in [0.2, 0.25) is 0 Å². The van der Waals surface area contributed by atoms with Gasteiger partial charge in [0.15, 0.2) is 0 Å². The van der Waals surface area contributed by atoms with E-state index in [1.54, 1.807) is 0 Å². The van der Waals surface area contributed by atoms with Crippen LogP contribution in [-0.2, 0) is 19.5 Å². The fraction of sp³-hybridized carbons (Fsp3) is 0.448. The summed E-state index contributed by atoms with van der Waals surface area (Å²) in [5.41, 5.74) is 6.98. The van der Waals surface area contributed by atoms with Gasteiger partial charge in [0.05, 0.1) is 28.7 Å². The zero-order chi connectivity index (χ0) is 24.9. The third-order valence-corrected chi connectivity index (χ3v) is 7.57. The van der Waals surface area contributed by atoms with Gasteiger partial charge in [-0.1, -0.05) is 30.3 Å². The third-order valence-electron chi connectivity index (χ3n) is 7.57. The fourth-order valence-electron chi connectivity index (χ4n) is 5.76. The summed E-state index contributed by atoms with van der Waals surface area (Å²) in [5, 5.41) is 6.68. The number of benzene rings is 1. The van der Waals surface area contributed by atoms with Crippen molar-refractivity contribution in [3.8, 4) is 0 Å². The van der Waals surface area contributed by atoms with Crippen LogP contribution in [0.15, 0.2) is 48.9 Å². The molecule has 36 heavy (non-hydrogen) atoms. The summed E-state index contributed by atoms with van der Waals surface area (Å²) < 4.78 is 0. The standard InChI is InChI=1S/C29H36N6O/c1-20-27(21(2)34-19-33-20)29(36)32-16-22-7-3-8-23(15-22)18-35(25-11-6-13-30-17-25)26-12-4-9-24-10-5-14-31-28(24)26/h3,5,7-8,10,14-15,19,25-26,30H,4,6,9,11-13,16-18H2,1-2H3,(H,32,36). The van der Waals surface area contributed by atoms with Gasteiger partial charge in [-0.15, -0.1) is 0 Å². The Labute approximate surface area is 213 Å². The van der Waals surface area contributed by atoms with E-state index in [1.807, 2.05) is 20.0 Å². The number of aromatic nitrogens is 3.